The number of methoxy groups -OCH3 is 1. The van der Waals surface area contributed by atoms with Gasteiger partial charge in [-0.25, -0.2) is 0 Å². The van der Waals surface area contributed by atoms with Crippen LogP contribution >= 0.6 is 0 Å². The minimum Gasteiger partial charge on any atom is -0.381 e. The average Bonchev–Trinajstić information content (AvgIpc) is 2.47. The molecule has 2 aromatic carbocycles. The van der Waals surface area contributed by atoms with Crippen LogP contribution in [-0.2, 0) is 17.9 Å². The number of aryl methyl sites for hydroxylation is 1. The predicted molar refractivity (Wildman–Crippen MR) is 90.0 cm³/mol. The summed E-state index contributed by atoms with van der Waals surface area (Å²) < 4.78 is 5.12. The van der Waals surface area contributed by atoms with Gasteiger partial charge in [0.1, 0.15) is 0 Å². The molecule has 0 atom stereocenters. The Kier molecular flexibility index (Phi) is 5.23. The SMILES string of the molecule is COCc1ccc(CNc2ccc(N(C)C)cc2C)cc1. The molecule has 0 aliphatic heterocycles. The van der Waals surface area contributed by atoms with Crippen LogP contribution in [0.3, 0.4) is 0 Å². The zero-order valence-electron chi connectivity index (χ0n) is 13.3. The number of benzene rings is 2. The Morgan fingerprint density at radius 2 is 1.67 bits per heavy atom. The van der Waals surface area contributed by atoms with Crippen LogP contribution in [0.5, 0.6) is 0 Å². The first-order chi connectivity index (χ1) is 10.1. The summed E-state index contributed by atoms with van der Waals surface area (Å²) in [5, 5.41) is 3.50. The highest BCUT2D eigenvalue weighted by molar-refractivity contribution is 5.59. The molecule has 0 radical (unpaired) electrons. The molecular formula is C18H24N2O. The molecule has 0 amide bonds. The van der Waals surface area contributed by atoms with Gasteiger partial charge >= 0.3 is 0 Å². The summed E-state index contributed by atoms with van der Waals surface area (Å²) in [6, 6.07) is 15.0. The fraction of sp³-hybridized carbons (Fsp3) is 0.333. The summed E-state index contributed by atoms with van der Waals surface area (Å²) in [7, 11) is 5.84. The number of hydrogen-bond donors (Lipinski definition) is 1. The maximum absolute atomic E-state index is 5.12. The van der Waals surface area contributed by atoms with Gasteiger partial charge in [-0.15, -0.1) is 0 Å². The van der Waals surface area contributed by atoms with Crippen LogP contribution in [0.2, 0.25) is 0 Å². The number of rotatable bonds is 6. The molecule has 0 aliphatic rings. The molecule has 3 heteroatoms. The molecule has 2 aromatic rings. The molecule has 112 valence electrons. The Labute approximate surface area is 127 Å². The Morgan fingerprint density at radius 3 is 2.24 bits per heavy atom. The van der Waals surface area contributed by atoms with Gasteiger partial charge in [-0.05, 0) is 41.8 Å². The highest BCUT2D eigenvalue weighted by atomic mass is 16.5. The van der Waals surface area contributed by atoms with Crippen molar-refractivity contribution in [1.29, 1.82) is 0 Å². The van der Waals surface area contributed by atoms with Crippen molar-refractivity contribution in [2.45, 2.75) is 20.1 Å². The van der Waals surface area contributed by atoms with Gasteiger partial charge in [-0.2, -0.15) is 0 Å². The van der Waals surface area contributed by atoms with Crippen molar-refractivity contribution in [3.63, 3.8) is 0 Å². The van der Waals surface area contributed by atoms with Crippen molar-refractivity contribution >= 4 is 11.4 Å². The lowest BCUT2D eigenvalue weighted by Gasteiger charge is -2.16. The molecular weight excluding hydrogens is 260 g/mol. The third-order valence-corrected chi connectivity index (χ3v) is 3.54. The van der Waals surface area contributed by atoms with Gasteiger partial charge in [0.25, 0.3) is 0 Å². The topological polar surface area (TPSA) is 24.5 Å². The zero-order chi connectivity index (χ0) is 15.2. The van der Waals surface area contributed by atoms with Crippen LogP contribution < -0.4 is 10.2 Å². The highest BCUT2D eigenvalue weighted by Crippen LogP contribution is 2.22. The second-order valence-electron chi connectivity index (χ2n) is 5.50. The number of nitrogens with one attached hydrogen (secondary N) is 1. The number of nitrogens with zero attached hydrogens (tertiary/aromatic N) is 1. The fourth-order valence-electron chi connectivity index (χ4n) is 2.24. The van der Waals surface area contributed by atoms with Crippen LogP contribution in [0.25, 0.3) is 0 Å². The largest absolute Gasteiger partial charge is 0.381 e. The number of ether oxygens (including phenoxy) is 1. The van der Waals surface area contributed by atoms with Gasteiger partial charge in [0.15, 0.2) is 0 Å². The molecule has 21 heavy (non-hydrogen) atoms. The van der Waals surface area contributed by atoms with Crippen molar-refractivity contribution in [2.24, 2.45) is 0 Å². The molecule has 3 nitrogen and oxygen atoms in total. The van der Waals surface area contributed by atoms with E-state index in [9.17, 15) is 0 Å². The van der Waals surface area contributed by atoms with Crippen molar-refractivity contribution in [3.8, 4) is 0 Å². The monoisotopic (exact) mass is 284 g/mol. The lowest BCUT2D eigenvalue weighted by atomic mass is 10.1. The summed E-state index contributed by atoms with van der Waals surface area (Å²) in [6.07, 6.45) is 0. The summed E-state index contributed by atoms with van der Waals surface area (Å²) in [4.78, 5) is 2.12. The van der Waals surface area contributed by atoms with Gasteiger partial charge in [0, 0.05) is 39.1 Å². The van der Waals surface area contributed by atoms with Crippen molar-refractivity contribution < 1.29 is 4.74 Å². The molecule has 0 aromatic heterocycles. The van der Waals surface area contributed by atoms with E-state index in [1.165, 1.54) is 28.1 Å². The Bertz CT molecular complexity index is 576. The molecule has 0 saturated carbocycles. The van der Waals surface area contributed by atoms with E-state index in [0.717, 1.165) is 6.54 Å². The highest BCUT2D eigenvalue weighted by Gasteiger charge is 2.02. The van der Waals surface area contributed by atoms with E-state index in [-0.39, 0.29) is 0 Å². The first kappa shape index (κ1) is 15.4. The van der Waals surface area contributed by atoms with Gasteiger partial charge in [-0.1, -0.05) is 24.3 Å². The minimum absolute atomic E-state index is 0.665. The minimum atomic E-state index is 0.665. The van der Waals surface area contributed by atoms with Gasteiger partial charge in [0.05, 0.1) is 6.61 Å². The van der Waals surface area contributed by atoms with E-state index >= 15 is 0 Å². The first-order valence-corrected chi connectivity index (χ1v) is 7.19. The standard InChI is InChI=1S/C18H24N2O/c1-14-11-17(20(2)3)9-10-18(14)19-12-15-5-7-16(8-6-15)13-21-4/h5-11,19H,12-13H2,1-4H3. The molecule has 0 bridgehead atoms. The first-order valence-electron chi connectivity index (χ1n) is 7.19. The summed E-state index contributed by atoms with van der Waals surface area (Å²) in [5.74, 6) is 0. The molecule has 1 N–H and O–H groups in total. The zero-order valence-corrected chi connectivity index (χ0v) is 13.3. The van der Waals surface area contributed by atoms with Crippen LogP contribution in [0.4, 0.5) is 11.4 Å². The van der Waals surface area contributed by atoms with E-state index in [1.54, 1.807) is 7.11 Å². The number of hydrogen-bond acceptors (Lipinski definition) is 3. The normalized spacial score (nSPS) is 10.5. The maximum Gasteiger partial charge on any atom is 0.0713 e. The second-order valence-corrected chi connectivity index (χ2v) is 5.50. The number of anilines is 2. The quantitative estimate of drug-likeness (QED) is 0.872. The molecule has 0 heterocycles. The summed E-state index contributed by atoms with van der Waals surface area (Å²) >= 11 is 0. The summed E-state index contributed by atoms with van der Waals surface area (Å²) in [5.41, 5.74) is 6.14. The molecule has 0 saturated heterocycles. The smallest absolute Gasteiger partial charge is 0.0713 e. The van der Waals surface area contributed by atoms with Crippen LogP contribution in [0.1, 0.15) is 16.7 Å². The van der Waals surface area contributed by atoms with Crippen LogP contribution in [0, 0.1) is 6.92 Å². The van der Waals surface area contributed by atoms with Gasteiger partial charge in [0.2, 0.25) is 0 Å². The predicted octanol–water partition coefficient (Wildman–Crippen LogP) is 3.82. The van der Waals surface area contributed by atoms with Crippen LogP contribution in [0.15, 0.2) is 42.5 Å². The second kappa shape index (κ2) is 7.14. The Balaban J connectivity index is 1.99. The van der Waals surface area contributed by atoms with E-state index in [1.807, 2.05) is 0 Å². The van der Waals surface area contributed by atoms with Gasteiger partial charge in [-0.3, -0.25) is 0 Å². The summed E-state index contributed by atoms with van der Waals surface area (Å²) in [6.45, 7) is 3.63. The average molecular weight is 284 g/mol. The van der Waals surface area contributed by atoms with E-state index in [0.29, 0.717) is 6.61 Å². The molecule has 2 rings (SSSR count). The molecule has 0 spiro atoms. The molecule has 0 unspecified atom stereocenters. The van der Waals surface area contributed by atoms with Crippen molar-refractivity contribution in [2.75, 3.05) is 31.4 Å². The van der Waals surface area contributed by atoms with E-state index in [4.69, 9.17) is 4.74 Å². The lowest BCUT2D eigenvalue weighted by Crippen LogP contribution is -2.09. The Hall–Kier alpha value is -2.00. The van der Waals surface area contributed by atoms with Gasteiger partial charge < -0.3 is 15.0 Å². The van der Waals surface area contributed by atoms with Crippen molar-refractivity contribution in [1.82, 2.24) is 0 Å². The third-order valence-electron chi connectivity index (χ3n) is 3.54. The molecule has 0 aliphatic carbocycles. The maximum atomic E-state index is 5.12. The van der Waals surface area contributed by atoms with Crippen LogP contribution in [-0.4, -0.2) is 21.2 Å². The lowest BCUT2D eigenvalue weighted by molar-refractivity contribution is 0.185. The van der Waals surface area contributed by atoms with Crippen molar-refractivity contribution in [3.05, 3.63) is 59.2 Å². The third kappa shape index (κ3) is 4.23. The van der Waals surface area contributed by atoms with E-state index in [2.05, 4.69) is 73.7 Å². The van der Waals surface area contributed by atoms with E-state index < -0.39 is 0 Å². The Morgan fingerprint density at radius 1 is 1.00 bits per heavy atom. The molecule has 0 fully saturated rings. The fourth-order valence-corrected chi connectivity index (χ4v) is 2.24.